The van der Waals surface area contributed by atoms with Gasteiger partial charge in [-0.05, 0) is 20.8 Å². The van der Waals surface area contributed by atoms with Gasteiger partial charge in [0.2, 0.25) is 0 Å². The van der Waals surface area contributed by atoms with E-state index in [0.29, 0.717) is 0 Å². The van der Waals surface area contributed by atoms with E-state index >= 15 is 0 Å². The third-order valence-electron chi connectivity index (χ3n) is 2.70. The maximum absolute atomic E-state index is 11.3. The van der Waals surface area contributed by atoms with E-state index in [-0.39, 0.29) is 42.8 Å². The van der Waals surface area contributed by atoms with Gasteiger partial charge in [0, 0.05) is 6.04 Å². The summed E-state index contributed by atoms with van der Waals surface area (Å²) in [5.74, 6) is 0.124. The quantitative estimate of drug-likeness (QED) is 0.512. The Bertz CT molecular complexity index is 275. The summed E-state index contributed by atoms with van der Waals surface area (Å²) in [4.78, 5) is 11.3. The molecule has 0 spiro atoms. The van der Waals surface area contributed by atoms with Crippen LogP contribution in [-0.4, -0.2) is 11.8 Å². The van der Waals surface area contributed by atoms with Crippen LogP contribution in [0.5, 0.6) is 0 Å². The van der Waals surface area contributed by atoms with Crippen molar-refractivity contribution in [3.05, 3.63) is 23.8 Å². The van der Waals surface area contributed by atoms with Crippen LogP contribution in [0, 0.1) is 5.41 Å². The van der Waals surface area contributed by atoms with Crippen LogP contribution in [-0.2, 0) is 4.79 Å². The number of hydrogen-bond acceptors (Lipinski definition) is 2. The van der Waals surface area contributed by atoms with Crippen LogP contribution in [0.1, 0.15) is 22.2 Å². The molecular formula is C10H16NNaO. The second-order valence-electron chi connectivity index (χ2n) is 3.59. The molecule has 0 aromatic heterocycles. The van der Waals surface area contributed by atoms with Crippen molar-refractivity contribution in [3.8, 4) is 0 Å². The molecule has 0 heterocycles. The van der Waals surface area contributed by atoms with E-state index < -0.39 is 5.41 Å². The molecule has 0 aromatic carbocycles. The first kappa shape index (κ1) is 13.1. The van der Waals surface area contributed by atoms with Gasteiger partial charge in [-0.15, -0.1) is 0 Å². The maximum Gasteiger partial charge on any atom is 1.00 e. The molecule has 3 heteroatoms. The molecule has 2 unspecified atom stereocenters. The summed E-state index contributed by atoms with van der Waals surface area (Å²) >= 11 is 0. The van der Waals surface area contributed by atoms with Gasteiger partial charge in [0.25, 0.3) is 0 Å². The summed E-state index contributed by atoms with van der Waals surface area (Å²) in [5, 5.41) is 0. The molecule has 0 saturated carbocycles. The summed E-state index contributed by atoms with van der Waals surface area (Å²) in [6, 6.07) is -0.167. The molecule has 2 nitrogen and oxygen atoms in total. The monoisotopic (exact) mass is 189 g/mol. The third-order valence-corrected chi connectivity index (χ3v) is 2.70. The van der Waals surface area contributed by atoms with E-state index in [1.165, 1.54) is 0 Å². The van der Waals surface area contributed by atoms with Crippen molar-refractivity contribution in [2.75, 3.05) is 0 Å². The fourth-order valence-electron chi connectivity index (χ4n) is 1.42. The number of ketones is 1. The molecule has 0 bridgehead atoms. The van der Waals surface area contributed by atoms with E-state index in [9.17, 15) is 4.79 Å². The standard InChI is InChI=1S/C10H15NO.Na.H/c1-7-5-4-6-10(3,8(2)12)9(7)11;;/h4-6,9H,11H2,1-3H3;;/q;+1;-1. The SMILES string of the molecule is CC(=O)C1(C)C=CC=C(C)C1N.[H-].[Na+]. The predicted molar refractivity (Wildman–Crippen MR) is 50.8 cm³/mol. The van der Waals surface area contributed by atoms with Crippen molar-refractivity contribution in [2.45, 2.75) is 26.8 Å². The first-order chi connectivity index (χ1) is 5.48. The van der Waals surface area contributed by atoms with Crippen molar-refractivity contribution < 1.29 is 35.8 Å². The van der Waals surface area contributed by atoms with Crippen molar-refractivity contribution in [1.29, 1.82) is 0 Å². The normalized spacial score (nSPS) is 32.0. The smallest absolute Gasteiger partial charge is 1.00 e. The molecule has 0 saturated heterocycles. The number of rotatable bonds is 1. The Morgan fingerprint density at radius 2 is 2.23 bits per heavy atom. The van der Waals surface area contributed by atoms with E-state index in [1.54, 1.807) is 6.92 Å². The van der Waals surface area contributed by atoms with Crippen LogP contribution in [0.25, 0.3) is 0 Å². The molecular weight excluding hydrogens is 173 g/mol. The Kier molecular flexibility index (Phi) is 4.60. The van der Waals surface area contributed by atoms with Crippen LogP contribution in [0.3, 0.4) is 0 Å². The minimum atomic E-state index is -0.501. The van der Waals surface area contributed by atoms with Crippen molar-refractivity contribution in [1.82, 2.24) is 0 Å². The number of Topliss-reactive ketones (excluding diaryl/α,β-unsaturated/α-hetero) is 1. The summed E-state index contributed by atoms with van der Waals surface area (Å²) in [6.07, 6.45) is 5.74. The van der Waals surface area contributed by atoms with Crippen molar-refractivity contribution in [2.24, 2.45) is 11.1 Å². The second-order valence-corrected chi connectivity index (χ2v) is 3.59. The molecule has 0 aromatic rings. The third kappa shape index (κ3) is 2.32. The van der Waals surface area contributed by atoms with Gasteiger partial charge in [-0.1, -0.05) is 23.8 Å². The molecule has 0 amide bonds. The van der Waals surface area contributed by atoms with Gasteiger partial charge in [-0.25, -0.2) is 0 Å². The van der Waals surface area contributed by atoms with Gasteiger partial charge in [0.05, 0.1) is 5.41 Å². The fourth-order valence-corrected chi connectivity index (χ4v) is 1.42. The Balaban J connectivity index is 0. The van der Waals surface area contributed by atoms with Gasteiger partial charge < -0.3 is 7.16 Å². The van der Waals surface area contributed by atoms with Gasteiger partial charge in [-0.2, -0.15) is 0 Å². The second kappa shape index (κ2) is 4.56. The average Bonchev–Trinajstić information content (AvgIpc) is 2.00. The van der Waals surface area contributed by atoms with Crippen LogP contribution in [0.15, 0.2) is 23.8 Å². The molecule has 2 atom stereocenters. The molecule has 68 valence electrons. The number of nitrogens with two attached hydrogens (primary N) is 1. The molecule has 0 fully saturated rings. The van der Waals surface area contributed by atoms with Crippen LogP contribution < -0.4 is 35.3 Å². The van der Waals surface area contributed by atoms with Crippen LogP contribution >= 0.6 is 0 Å². The average molecular weight is 189 g/mol. The Hall–Kier alpha value is 0.110. The Labute approximate surface area is 103 Å². The van der Waals surface area contributed by atoms with Crippen LogP contribution in [0.4, 0.5) is 0 Å². The van der Waals surface area contributed by atoms with E-state index in [1.807, 2.05) is 32.1 Å². The predicted octanol–water partition coefficient (Wildman–Crippen LogP) is -1.46. The Morgan fingerprint density at radius 1 is 1.69 bits per heavy atom. The zero-order valence-corrected chi connectivity index (χ0v) is 10.8. The summed E-state index contributed by atoms with van der Waals surface area (Å²) in [7, 11) is 0. The molecule has 0 aliphatic heterocycles. The summed E-state index contributed by atoms with van der Waals surface area (Å²) in [5.41, 5.74) is 6.48. The van der Waals surface area contributed by atoms with Crippen molar-refractivity contribution >= 4 is 5.78 Å². The molecule has 0 radical (unpaired) electrons. The minimum absolute atomic E-state index is 0. The minimum Gasteiger partial charge on any atom is -1.00 e. The molecule has 1 aliphatic rings. The number of hydrogen-bond donors (Lipinski definition) is 1. The number of allylic oxidation sites excluding steroid dienone is 2. The number of carbonyl (C=O) groups is 1. The first-order valence-corrected chi connectivity index (χ1v) is 4.11. The van der Waals surface area contributed by atoms with Gasteiger partial charge in [0.15, 0.2) is 0 Å². The van der Waals surface area contributed by atoms with Crippen LogP contribution in [0.2, 0.25) is 0 Å². The summed E-state index contributed by atoms with van der Waals surface area (Å²) < 4.78 is 0. The maximum atomic E-state index is 11.3. The largest absolute Gasteiger partial charge is 1.00 e. The Morgan fingerprint density at radius 3 is 2.62 bits per heavy atom. The van der Waals surface area contributed by atoms with E-state index in [2.05, 4.69) is 0 Å². The molecule has 1 rings (SSSR count). The van der Waals surface area contributed by atoms with E-state index in [4.69, 9.17) is 5.73 Å². The van der Waals surface area contributed by atoms with Gasteiger partial charge in [-0.3, -0.25) is 4.79 Å². The first-order valence-electron chi connectivity index (χ1n) is 4.11. The molecule has 1 aliphatic carbocycles. The topological polar surface area (TPSA) is 43.1 Å². The molecule has 13 heavy (non-hydrogen) atoms. The van der Waals surface area contributed by atoms with E-state index in [0.717, 1.165) is 5.57 Å². The van der Waals surface area contributed by atoms with Crippen molar-refractivity contribution in [3.63, 3.8) is 0 Å². The zero-order valence-electron chi connectivity index (χ0n) is 9.79. The van der Waals surface area contributed by atoms with Gasteiger partial charge in [0.1, 0.15) is 5.78 Å². The fraction of sp³-hybridized carbons (Fsp3) is 0.500. The molecule has 2 N–H and O–H groups in total. The number of carbonyl (C=O) groups excluding carboxylic acids is 1. The zero-order chi connectivity index (χ0) is 9.35. The van der Waals surface area contributed by atoms with Gasteiger partial charge >= 0.3 is 29.6 Å². The summed E-state index contributed by atoms with van der Waals surface area (Å²) in [6.45, 7) is 5.42.